The van der Waals surface area contributed by atoms with Crippen LogP contribution in [0.1, 0.15) is 25.0 Å². The fourth-order valence-corrected chi connectivity index (χ4v) is 4.36. The predicted molar refractivity (Wildman–Crippen MR) is 127 cm³/mol. The van der Waals surface area contributed by atoms with E-state index >= 15 is 0 Å². The number of hydrogen-bond donors (Lipinski definition) is 1. The number of carbonyl (C=O) groups is 1. The Kier molecular flexibility index (Phi) is 8.12. The second kappa shape index (κ2) is 10.8. The number of thioether (sulfide) groups is 1. The number of nitrogens with zero attached hydrogens (tertiary/aromatic N) is 2. The number of amides is 1. The predicted octanol–water partition coefficient (Wildman–Crippen LogP) is 4.55. The Labute approximate surface area is 191 Å². The molecule has 3 aromatic rings. The maximum absolute atomic E-state index is 13.0. The number of carbonyl (C=O) groups excluding carboxylic acids is 1. The smallest absolute Gasteiger partial charge is 0.262 e. The average molecular weight is 460 g/mol. The second-order valence-electron chi connectivity index (χ2n) is 7.00. The van der Waals surface area contributed by atoms with Crippen LogP contribution in [0, 0.1) is 0 Å². The molecule has 1 heterocycles. The third kappa shape index (κ3) is 5.47. The first-order valence-corrected chi connectivity index (χ1v) is 11.6. The first kappa shape index (κ1) is 23.3. The molecule has 0 aliphatic heterocycles. The van der Waals surface area contributed by atoms with Gasteiger partial charge in [-0.3, -0.25) is 14.2 Å². The molecule has 0 unspecified atom stereocenters. The lowest BCUT2D eigenvalue weighted by Gasteiger charge is -2.15. The van der Waals surface area contributed by atoms with Crippen LogP contribution in [0.5, 0.6) is 0 Å². The van der Waals surface area contributed by atoms with Gasteiger partial charge in [0.1, 0.15) is 0 Å². The molecule has 31 heavy (non-hydrogen) atoms. The van der Waals surface area contributed by atoms with Crippen LogP contribution in [-0.4, -0.2) is 34.9 Å². The van der Waals surface area contributed by atoms with Crippen molar-refractivity contribution in [3.8, 4) is 0 Å². The third-order valence-electron chi connectivity index (χ3n) is 5.00. The zero-order valence-corrected chi connectivity index (χ0v) is 19.5. The summed E-state index contributed by atoms with van der Waals surface area (Å²) in [5, 5.41) is 4.51. The van der Waals surface area contributed by atoms with Gasteiger partial charge in [-0.05, 0) is 42.2 Å². The van der Waals surface area contributed by atoms with Crippen LogP contribution in [0.15, 0.2) is 46.3 Å². The lowest BCUT2D eigenvalue weighted by molar-refractivity contribution is -0.113. The molecule has 0 bridgehead atoms. The number of benzene rings is 2. The molecule has 1 N–H and O–H groups in total. The lowest BCUT2D eigenvalue weighted by atomic mass is 10.0. The third-order valence-corrected chi connectivity index (χ3v) is 6.21. The lowest BCUT2D eigenvalue weighted by Crippen LogP contribution is -2.26. The Balaban J connectivity index is 1.86. The molecule has 0 saturated carbocycles. The van der Waals surface area contributed by atoms with Gasteiger partial charge in [0.2, 0.25) is 5.91 Å². The molecule has 0 atom stereocenters. The number of nitrogens with one attached hydrogen (secondary N) is 1. The van der Waals surface area contributed by atoms with Crippen LogP contribution in [0.2, 0.25) is 5.02 Å². The van der Waals surface area contributed by atoms with Crippen LogP contribution in [0.3, 0.4) is 0 Å². The van der Waals surface area contributed by atoms with E-state index in [1.165, 1.54) is 11.8 Å². The molecule has 8 heteroatoms. The number of aryl methyl sites for hydroxylation is 2. The molecule has 0 spiro atoms. The van der Waals surface area contributed by atoms with Crippen molar-refractivity contribution >= 4 is 45.9 Å². The summed E-state index contributed by atoms with van der Waals surface area (Å²) >= 11 is 7.31. The van der Waals surface area contributed by atoms with Gasteiger partial charge in [0.05, 0.1) is 29.8 Å². The Bertz CT molecular complexity index is 1120. The van der Waals surface area contributed by atoms with Crippen LogP contribution < -0.4 is 10.9 Å². The van der Waals surface area contributed by atoms with Crippen molar-refractivity contribution in [3.63, 3.8) is 0 Å². The summed E-state index contributed by atoms with van der Waals surface area (Å²) in [6.07, 6.45) is 1.67. The topological polar surface area (TPSA) is 73.2 Å². The Morgan fingerprint density at radius 2 is 1.90 bits per heavy atom. The van der Waals surface area contributed by atoms with E-state index in [9.17, 15) is 9.59 Å². The van der Waals surface area contributed by atoms with E-state index in [-0.39, 0.29) is 17.2 Å². The first-order chi connectivity index (χ1) is 15.0. The van der Waals surface area contributed by atoms with E-state index in [0.29, 0.717) is 34.2 Å². The van der Waals surface area contributed by atoms with Gasteiger partial charge in [0, 0.05) is 17.8 Å². The van der Waals surface area contributed by atoms with E-state index in [0.717, 1.165) is 29.7 Å². The molecule has 1 aromatic heterocycles. The Hall–Kier alpha value is -2.35. The van der Waals surface area contributed by atoms with E-state index in [1.807, 2.05) is 18.2 Å². The minimum atomic E-state index is -0.175. The summed E-state index contributed by atoms with van der Waals surface area (Å²) in [5.41, 5.74) is 3.43. The number of halogens is 1. The van der Waals surface area contributed by atoms with Gasteiger partial charge in [-0.25, -0.2) is 4.98 Å². The fraction of sp³-hybridized carbons (Fsp3) is 0.348. The maximum Gasteiger partial charge on any atom is 0.262 e. The molecule has 3 rings (SSSR count). The fourth-order valence-electron chi connectivity index (χ4n) is 3.37. The Morgan fingerprint density at radius 3 is 2.55 bits per heavy atom. The Morgan fingerprint density at radius 1 is 1.19 bits per heavy atom. The second-order valence-corrected chi connectivity index (χ2v) is 8.38. The molecule has 1 amide bonds. The average Bonchev–Trinajstić information content (AvgIpc) is 2.77. The molecule has 6 nitrogen and oxygen atoms in total. The van der Waals surface area contributed by atoms with E-state index in [2.05, 4.69) is 24.1 Å². The summed E-state index contributed by atoms with van der Waals surface area (Å²) in [6, 6.07) is 11.1. The van der Waals surface area contributed by atoms with Crippen LogP contribution in [0.25, 0.3) is 10.9 Å². The summed E-state index contributed by atoms with van der Waals surface area (Å²) < 4.78 is 6.70. The van der Waals surface area contributed by atoms with Gasteiger partial charge in [0.25, 0.3) is 5.56 Å². The van der Waals surface area contributed by atoms with Gasteiger partial charge in [0.15, 0.2) is 5.16 Å². The number of hydrogen-bond acceptors (Lipinski definition) is 5. The minimum absolute atomic E-state index is 0.132. The summed E-state index contributed by atoms with van der Waals surface area (Å²) in [4.78, 5) is 30.3. The van der Waals surface area contributed by atoms with E-state index in [4.69, 9.17) is 16.3 Å². The van der Waals surface area contributed by atoms with E-state index in [1.54, 1.807) is 29.9 Å². The summed E-state index contributed by atoms with van der Waals surface area (Å²) in [5.74, 6) is -0.00786. The van der Waals surface area contributed by atoms with Crippen molar-refractivity contribution in [2.45, 2.75) is 38.4 Å². The highest BCUT2D eigenvalue weighted by Gasteiger charge is 2.15. The van der Waals surface area contributed by atoms with Crippen molar-refractivity contribution in [1.29, 1.82) is 0 Å². The monoisotopic (exact) mass is 459 g/mol. The summed E-state index contributed by atoms with van der Waals surface area (Å²) in [6.45, 7) is 4.85. The zero-order chi connectivity index (χ0) is 22.4. The quantitative estimate of drug-likeness (QED) is 0.375. The highest BCUT2D eigenvalue weighted by molar-refractivity contribution is 7.99. The molecule has 0 aliphatic rings. The minimum Gasteiger partial charge on any atom is -0.383 e. The molecule has 0 aliphatic carbocycles. The molecule has 0 saturated heterocycles. The largest absolute Gasteiger partial charge is 0.383 e. The normalized spacial score (nSPS) is 11.1. The number of rotatable bonds is 9. The van der Waals surface area contributed by atoms with Crippen molar-refractivity contribution < 1.29 is 9.53 Å². The van der Waals surface area contributed by atoms with Gasteiger partial charge in [-0.2, -0.15) is 0 Å². The first-order valence-electron chi connectivity index (χ1n) is 10.2. The van der Waals surface area contributed by atoms with Crippen LogP contribution in [0.4, 0.5) is 5.69 Å². The highest BCUT2D eigenvalue weighted by atomic mass is 35.5. The van der Waals surface area contributed by atoms with Crippen molar-refractivity contribution in [2.24, 2.45) is 0 Å². The molecule has 2 aromatic carbocycles. The van der Waals surface area contributed by atoms with E-state index < -0.39 is 0 Å². The maximum atomic E-state index is 13.0. The van der Waals surface area contributed by atoms with Gasteiger partial charge in [-0.15, -0.1) is 0 Å². The standard InChI is InChI=1S/C23H26ClN3O3S/c1-4-15-7-6-8-16(5-2)21(15)26-20(28)14-31-23-25-19-13-17(24)9-10-18(19)22(29)27(23)11-12-30-3/h6-10,13H,4-5,11-12,14H2,1-3H3,(H,26,28). The molecular weight excluding hydrogens is 434 g/mol. The highest BCUT2D eigenvalue weighted by Crippen LogP contribution is 2.24. The van der Waals surface area contributed by atoms with Crippen molar-refractivity contribution in [3.05, 3.63) is 62.9 Å². The van der Waals surface area contributed by atoms with Gasteiger partial charge >= 0.3 is 0 Å². The van der Waals surface area contributed by atoms with Crippen molar-refractivity contribution in [2.75, 3.05) is 24.8 Å². The number of anilines is 1. The van der Waals surface area contributed by atoms with Gasteiger partial charge in [-0.1, -0.05) is 55.4 Å². The zero-order valence-electron chi connectivity index (χ0n) is 17.9. The van der Waals surface area contributed by atoms with Gasteiger partial charge < -0.3 is 10.1 Å². The molecule has 0 radical (unpaired) electrons. The van der Waals surface area contributed by atoms with Crippen LogP contribution >= 0.6 is 23.4 Å². The number of aromatic nitrogens is 2. The number of ether oxygens (including phenoxy) is 1. The molecular formula is C23H26ClN3O3S. The molecule has 164 valence electrons. The number of para-hydroxylation sites is 1. The SMILES string of the molecule is CCc1cccc(CC)c1NC(=O)CSc1nc2cc(Cl)ccc2c(=O)n1CCOC. The summed E-state index contributed by atoms with van der Waals surface area (Å²) in [7, 11) is 1.58. The number of methoxy groups -OCH3 is 1. The molecule has 0 fully saturated rings. The van der Waals surface area contributed by atoms with Crippen molar-refractivity contribution in [1.82, 2.24) is 9.55 Å². The number of fused-ring (bicyclic) bond motifs is 1. The van der Waals surface area contributed by atoms with Crippen LogP contribution in [-0.2, 0) is 28.9 Å².